The first-order valence-electron chi connectivity index (χ1n) is 9.10. The molecule has 4 rings (SSSR count). The number of rotatable bonds is 5. The molecule has 0 aliphatic carbocycles. The zero-order valence-electron chi connectivity index (χ0n) is 15.6. The summed E-state index contributed by atoms with van der Waals surface area (Å²) < 4.78 is 14.9. The second-order valence-corrected chi connectivity index (χ2v) is 7.76. The van der Waals surface area contributed by atoms with E-state index in [4.69, 9.17) is 0 Å². The van der Waals surface area contributed by atoms with Gasteiger partial charge < -0.3 is 5.32 Å². The third-order valence-corrected chi connectivity index (χ3v) is 5.78. The third kappa shape index (κ3) is 4.09. The van der Waals surface area contributed by atoms with Crippen LogP contribution in [0.25, 0.3) is 20.7 Å². The molecular weight excluding hydrogens is 389 g/mol. The zero-order chi connectivity index (χ0) is 20.4. The van der Waals surface area contributed by atoms with Crippen molar-refractivity contribution in [3.05, 3.63) is 88.7 Å². The number of aromatic nitrogens is 2. The maximum Gasteiger partial charge on any atom is 0.271 e. The van der Waals surface area contributed by atoms with Gasteiger partial charge in [0.15, 0.2) is 0 Å². The van der Waals surface area contributed by atoms with Crippen LogP contribution in [0.3, 0.4) is 0 Å². The van der Waals surface area contributed by atoms with Crippen LogP contribution in [0.1, 0.15) is 18.5 Å². The predicted molar refractivity (Wildman–Crippen MR) is 112 cm³/mol. The lowest BCUT2D eigenvalue weighted by Crippen LogP contribution is -2.33. The molecular formula is C22H18FN3O2S. The van der Waals surface area contributed by atoms with Crippen LogP contribution in [0.4, 0.5) is 4.39 Å². The fraction of sp³-hybridized carbons (Fsp3) is 0.136. The first kappa shape index (κ1) is 19.0. The minimum Gasteiger partial charge on any atom is -0.348 e. The van der Waals surface area contributed by atoms with Crippen LogP contribution >= 0.6 is 11.3 Å². The lowest BCUT2D eigenvalue weighted by Gasteiger charge is -2.14. The number of amides is 1. The molecule has 5 nitrogen and oxygen atoms in total. The molecule has 0 spiro atoms. The average Bonchev–Trinajstić information content (AvgIpc) is 3.16. The van der Waals surface area contributed by atoms with Crippen LogP contribution in [0.5, 0.6) is 0 Å². The standard InChI is InChI=1S/C22H18FN3O2S/c1-14(15-7-9-17(23)10-8-15)25-20(27)12-26-13-24-18-11-19(29-21(18)22(26)28)16-5-3-2-4-6-16/h2-11,13-14H,12H2,1H3,(H,25,27)/t14-/m0/s1. The summed E-state index contributed by atoms with van der Waals surface area (Å²) in [5, 5.41) is 2.82. The normalized spacial score (nSPS) is 12.1. The van der Waals surface area contributed by atoms with E-state index in [9.17, 15) is 14.0 Å². The molecule has 1 atom stereocenters. The minimum absolute atomic E-state index is 0.133. The van der Waals surface area contributed by atoms with Gasteiger partial charge in [-0.3, -0.25) is 14.2 Å². The highest BCUT2D eigenvalue weighted by Crippen LogP contribution is 2.30. The van der Waals surface area contributed by atoms with Gasteiger partial charge in [-0.1, -0.05) is 42.5 Å². The Labute approximate surface area is 170 Å². The topological polar surface area (TPSA) is 64.0 Å². The van der Waals surface area contributed by atoms with Gasteiger partial charge in [0.05, 0.1) is 17.9 Å². The van der Waals surface area contributed by atoms with E-state index in [1.807, 2.05) is 36.4 Å². The molecule has 146 valence electrons. The molecule has 0 aliphatic rings. The van der Waals surface area contributed by atoms with Crippen molar-refractivity contribution in [3.63, 3.8) is 0 Å². The Balaban J connectivity index is 1.53. The molecule has 0 saturated carbocycles. The second kappa shape index (κ2) is 7.97. The average molecular weight is 407 g/mol. The molecule has 0 aliphatic heterocycles. The van der Waals surface area contributed by atoms with Gasteiger partial charge >= 0.3 is 0 Å². The smallest absolute Gasteiger partial charge is 0.271 e. The first-order chi connectivity index (χ1) is 14.0. The van der Waals surface area contributed by atoms with Crippen LogP contribution in [0.2, 0.25) is 0 Å². The van der Waals surface area contributed by atoms with Crippen molar-refractivity contribution in [1.82, 2.24) is 14.9 Å². The Morgan fingerprint density at radius 2 is 1.90 bits per heavy atom. The lowest BCUT2D eigenvalue weighted by molar-refractivity contribution is -0.122. The summed E-state index contributed by atoms with van der Waals surface area (Å²) in [5.41, 5.74) is 2.18. The van der Waals surface area contributed by atoms with E-state index in [1.54, 1.807) is 19.1 Å². The van der Waals surface area contributed by atoms with Gasteiger partial charge in [0.2, 0.25) is 5.91 Å². The van der Waals surface area contributed by atoms with Crippen molar-refractivity contribution in [3.8, 4) is 10.4 Å². The Bertz CT molecular complexity index is 1220. The summed E-state index contributed by atoms with van der Waals surface area (Å²) >= 11 is 1.37. The van der Waals surface area contributed by atoms with Gasteiger partial charge in [-0.25, -0.2) is 9.37 Å². The van der Waals surface area contributed by atoms with Gasteiger partial charge in [0.1, 0.15) is 17.1 Å². The Kier molecular flexibility index (Phi) is 5.22. The SMILES string of the molecule is C[C@H](NC(=O)Cn1cnc2cc(-c3ccccc3)sc2c1=O)c1ccc(F)cc1. The quantitative estimate of drug-likeness (QED) is 0.541. The van der Waals surface area contributed by atoms with Gasteiger partial charge in [0, 0.05) is 4.88 Å². The summed E-state index contributed by atoms with van der Waals surface area (Å²) in [4.78, 5) is 30.5. The molecule has 0 fully saturated rings. The van der Waals surface area contributed by atoms with Gasteiger partial charge in [-0.05, 0) is 36.2 Å². The Hall–Kier alpha value is -3.32. The number of hydrogen-bond donors (Lipinski definition) is 1. The molecule has 0 bridgehead atoms. The number of nitrogens with zero attached hydrogens (tertiary/aromatic N) is 2. The number of fused-ring (bicyclic) bond motifs is 1. The van der Waals surface area contributed by atoms with E-state index >= 15 is 0 Å². The van der Waals surface area contributed by atoms with Crippen molar-refractivity contribution < 1.29 is 9.18 Å². The number of carbonyl (C=O) groups is 1. The number of carbonyl (C=O) groups excluding carboxylic acids is 1. The van der Waals surface area contributed by atoms with Crippen molar-refractivity contribution in [2.45, 2.75) is 19.5 Å². The summed E-state index contributed by atoms with van der Waals surface area (Å²) in [5.74, 6) is -0.645. The molecule has 0 radical (unpaired) electrons. The Morgan fingerprint density at radius 3 is 2.62 bits per heavy atom. The van der Waals surface area contributed by atoms with Crippen molar-refractivity contribution in [2.75, 3.05) is 0 Å². The molecule has 4 aromatic rings. The molecule has 2 aromatic carbocycles. The molecule has 1 amide bonds. The monoisotopic (exact) mass is 407 g/mol. The summed E-state index contributed by atoms with van der Waals surface area (Å²) in [6.45, 7) is 1.67. The first-order valence-corrected chi connectivity index (χ1v) is 9.92. The van der Waals surface area contributed by atoms with Crippen molar-refractivity contribution in [1.29, 1.82) is 0 Å². The fourth-order valence-corrected chi connectivity index (χ4v) is 4.14. The van der Waals surface area contributed by atoms with E-state index < -0.39 is 0 Å². The lowest BCUT2D eigenvalue weighted by atomic mass is 10.1. The maximum absolute atomic E-state index is 13.1. The molecule has 2 aromatic heterocycles. The van der Waals surface area contributed by atoms with Gasteiger partial charge in [-0.2, -0.15) is 0 Å². The number of nitrogens with one attached hydrogen (secondary N) is 1. The summed E-state index contributed by atoms with van der Waals surface area (Å²) in [7, 11) is 0. The number of hydrogen-bond acceptors (Lipinski definition) is 4. The van der Waals surface area contributed by atoms with Crippen LogP contribution in [0.15, 0.2) is 71.8 Å². The molecule has 7 heteroatoms. The van der Waals surface area contributed by atoms with E-state index in [2.05, 4.69) is 10.3 Å². The maximum atomic E-state index is 13.1. The molecule has 0 saturated heterocycles. The van der Waals surface area contributed by atoms with Crippen LogP contribution < -0.4 is 10.9 Å². The van der Waals surface area contributed by atoms with Crippen LogP contribution in [-0.4, -0.2) is 15.5 Å². The molecule has 1 N–H and O–H groups in total. The Morgan fingerprint density at radius 1 is 1.17 bits per heavy atom. The number of halogens is 1. The van der Waals surface area contributed by atoms with Crippen molar-refractivity contribution >= 4 is 27.5 Å². The second-order valence-electron chi connectivity index (χ2n) is 6.71. The molecule has 0 unspecified atom stereocenters. The molecule has 2 heterocycles. The largest absolute Gasteiger partial charge is 0.348 e. The van der Waals surface area contributed by atoms with Crippen LogP contribution in [0, 0.1) is 5.82 Å². The predicted octanol–water partition coefficient (Wildman–Crippen LogP) is 4.14. The highest BCUT2D eigenvalue weighted by Gasteiger charge is 2.14. The fourth-order valence-electron chi connectivity index (χ4n) is 3.08. The van der Waals surface area contributed by atoms with E-state index in [-0.39, 0.29) is 29.9 Å². The van der Waals surface area contributed by atoms with Gasteiger partial charge in [0.25, 0.3) is 5.56 Å². The van der Waals surface area contributed by atoms with E-state index in [0.717, 1.165) is 16.0 Å². The van der Waals surface area contributed by atoms with Crippen LogP contribution in [-0.2, 0) is 11.3 Å². The van der Waals surface area contributed by atoms with Crippen molar-refractivity contribution in [2.24, 2.45) is 0 Å². The molecule has 29 heavy (non-hydrogen) atoms. The highest BCUT2D eigenvalue weighted by molar-refractivity contribution is 7.22. The van der Waals surface area contributed by atoms with E-state index in [1.165, 1.54) is 34.4 Å². The van der Waals surface area contributed by atoms with E-state index in [0.29, 0.717) is 10.2 Å². The highest BCUT2D eigenvalue weighted by atomic mass is 32.1. The van der Waals surface area contributed by atoms with Gasteiger partial charge in [-0.15, -0.1) is 11.3 Å². The minimum atomic E-state index is -0.330. The number of benzene rings is 2. The zero-order valence-corrected chi connectivity index (χ0v) is 16.4. The third-order valence-electron chi connectivity index (χ3n) is 4.62. The summed E-state index contributed by atoms with van der Waals surface area (Å²) in [6, 6.07) is 17.3. The summed E-state index contributed by atoms with van der Waals surface area (Å²) in [6.07, 6.45) is 1.40. The number of thiophene rings is 1.